The second-order valence-electron chi connectivity index (χ2n) is 9.71. The van der Waals surface area contributed by atoms with E-state index in [1.807, 2.05) is 0 Å². The first kappa shape index (κ1) is 30.6. The molecule has 34 heavy (non-hydrogen) atoms. The molecule has 2 unspecified atom stereocenters. The molecule has 3 aromatic carbocycles. The van der Waals surface area contributed by atoms with Gasteiger partial charge >= 0.3 is 0 Å². The largest absolute Gasteiger partial charge is 0.120 e. The zero-order valence-corrected chi connectivity index (χ0v) is 22.9. The molecule has 2 atom stereocenters. The fraction of sp³-hybridized carbons (Fsp3) is 0.375. The van der Waals surface area contributed by atoms with E-state index in [-0.39, 0.29) is 40.6 Å². The van der Waals surface area contributed by atoms with E-state index in [4.69, 9.17) is 0 Å². The Morgan fingerprint density at radius 2 is 1.26 bits per heavy atom. The van der Waals surface area contributed by atoms with Crippen LogP contribution in [0.25, 0.3) is 0 Å². The third kappa shape index (κ3) is 8.37. The normalized spacial score (nSPS) is 12.2. The maximum atomic E-state index is 2.44. The molecule has 3 rings (SSSR count). The molecule has 174 valence electrons. The van der Waals surface area contributed by atoms with Gasteiger partial charge in [0, 0.05) is 70.6 Å². The first-order valence-corrected chi connectivity index (χ1v) is 12.4. The third-order valence-electron chi connectivity index (χ3n) is 6.86. The van der Waals surface area contributed by atoms with Crippen LogP contribution in [0.3, 0.4) is 0 Å². The molecule has 0 aliphatic carbocycles. The van der Waals surface area contributed by atoms with Gasteiger partial charge in [0.2, 0.25) is 0 Å². The zero-order chi connectivity index (χ0) is 23.1. The van der Waals surface area contributed by atoms with E-state index in [1.54, 1.807) is 0 Å². The van der Waals surface area contributed by atoms with Gasteiger partial charge < -0.3 is 0 Å². The molecule has 2 heteroatoms. The first-order valence-electron chi connectivity index (χ1n) is 12.4. The smallest absolute Gasteiger partial charge is 0.0742 e. The molecule has 2 radical (unpaired) electrons. The third-order valence-corrected chi connectivity index (χ3v) is 6.86. The molecule has 0 heterocycles. The minimum Gasteiger partial charge on any atom is -0.120 e. The molecule has 0 aliphatic heterocycles. The molecule has 0 saturated carbocycles. The quantitative estimate of drug-likeness (QED) is 0.217. The molecule has 3 aromatic rings. The summed E-state index contributed by atoms with van der Waals surface area (Å²) in [6.07, 6.45) is 4.61. The van der Waals surface area contributed by atoms with Crippen LogP contribution in [0.4, 0.5) is 0 Å². The maximum absolute atomic E-state index is 2.44. The van der Waals surface area contributed by atoms with Crippen LogP contribution in [-0.4, -0.2) is 37.7 Å². The van der Waals surface area contributed by atoms with Gasteiger partial charge in [0.15, 0.2) is 0 Å². The Labute approximate surface area is 236 Å². The molecule has 0 bridgehead atoms. The van der Waals surface area contributed by atoms with Gasteiger partial charge in [-0.3, -0.25) is 0 Å². The van der Waals surface area contributed by atoms with Gasteiger partial charge in [0.25, 0.3) is 0 Å². The van der Waals surface area contributed by atoms with E-state index in [0.717, 1.165) is 12.8 Å². The minimum atomic E-state index is 0. The van der Waals surface area contributed by atoms with Crippen molar-refractivity contribution in [3.8, 4) is 0 Å². The van der Waals surface area contributed by atoms with Crippen molar-refractivity contribution in [3.63, 3.8) is 0 Å². The SMILES string of the molecule is CCC(C)C[C+](c1ccc(C)cc1)c1cccc([C-](CC(C)CC)c2ccc(C)cc2)c1.[HH].[HH].[Li].[Li]. The number of hydrogen-bond acceptors (Lipinski definition) is 0. The summed E-state index contributed by atoms with van der Waals surface area (Å²) in [5.74, 6) is 4.26. The summed E-state index contributed by atoms with van der Waals surface area (Å²) in [5, 5.41) is 0. The second-order valence-corrected chi connectivity index (χ2v) is 9.71. The molecular formula is C32H44Li2. The summed E-state index contributed by atoms with van der Waals surface area (Å²) < 4.78 is 0. The average molecular weight is 443 g/mol. The van der Waals surface area contributed by atoms with Gasteiger partial charge in [-0.1, -0.05) is 76.8 Å². The van der Waals surface area contributed by atoms with Crippen LogP contribution < -0.4 is 0 Å². The number of aryl methyl sites for hydroxylation is 2. The standard InChI is InChI=1S/C32H40.2Li.2H2/c1-7-23(3)20-31(27-16-12-25(5)13-17-27)29-10-9-11-30(22-29)32(21-24(4)8-2)28-18-14-26(6)15-19-28;;;;/h9-19,22-24H,7-8,20-21H2,1-6H3;;;2*1H. The summed E-state index contributed by atoms with van der Waals surface area (Å²) in [5.41, 5.74) is 8.06. The molecule has 0 amide bonds. The van der Waals surface area contributed by atoms with Crippen LogP contribution in [0.1, 0.15) is 89.6 Å². The Bertz CT molecular complexity index is 893. The Hall–Kier alpha value is -1.41. The van der Waals surface area contributed by atoms with E-state index < -0.39 is 0 Å². The molecule has 0 fully saturated rings. The van der Waals surface area contributed by atoms with Gasteiger partial charge in [-0.05, 0) is 49.4 Å². The van der Waals surface area contributed by atoms with E-state index in [0.29, 0.717) is 11.8 Å². The molecular weight excluding hydrogens is 398 g/mol. The van der Waals surface area contributed by atoms with Crippen LogP contribution >= 0.6 is 0 Å². The Kier molecular flexibility index (Phi) is 13.4. The van der Waals surface area contributed by atoms with Gasteiger partial charge in [-0.25, -0.2) is 0 Å². The molecule has 0 N–H and O–H groups in total. The van der Waals surface area contributed by atoms with Gasteiger partial charge in [0.1, 0.15) is 0 Å². The van der Waals surface area contributed by atoms with Gasteiger partial charge in [0.05, 0.1) is 5.56 Å². The summed E-state index contributed by atoms with van der Waals surface area (Å²) in [6, 6.07) is 27.4. The topological polar surface area (TPSA) is 0 Å². The zero-order valence-electron chi connectivity index (χ0n) is 22.9. The molecule has 0 nitrogen and oxygen atoms in total. The van der Waals surface area contributed by atoms with Crippen molar-refractivity contribution in [1.82, 2.24) is 0 Å². The fourth-order valence-corrected chi connectivity index (χ4v) is 4.19. The predicted octanol–water partition coefficient (Wildman–Crippen LogP) is 8.85. The van der Waals surface area contributed by atoms with Crippen LogP contribution in [0.15, 0.2) is 72.8 Å². The van der Waals surface area contributed by atoms with Crippen LogP contribution in [0, 0.1) is 37.5 Å². The van der Waals surface area contributed by atoms with E-state index in [9.17, 15) is 0 Å². The van der Waals surface area contributed by atoms with Crippen LogP contribution in [0.2, 0.25) is 0 Å². The molecule has 0 saturated heterocycles. The average Bonchev–Trinajstić information content (AvgIpc) is 2.82. The second kappa shape index (κ2) is 14.9. The first-order chi connectivity index (χ1) is 15.4. The van der Waals surface area contributed by atoms with Crippen molar-refractivity contribution in [2.45, 2.75) is 67.2 Å². The predicted molar refractivity (Wildman–Crippen MR) is 156 cm³/mol. The molecule has 0 spiro atoms. The van der Waals surface area contributed by atoms with Crippen molar-refractivity contribution in [2.24, 2.45) is 11.8 Å². The fourth-order valence-electron chi connectivity index (χ4n) is 4.19. The van der Waals surface area contributed by atoms with Crippen molar-refractivity contribution >= 4 is 37.7 Å². The summed E-state index contributed by atoms with van der Waals surface area (Å²) in [6.45, 7) is 13.6. The van der Waals surface area contributed by atoms with Crippen molar-refractivity contribution in [1.29, 1.82) is 0 Å². The maximum Gasteiger partial charge on any atom is 0.0742 e. The minimum absolute atomic E-state index is 0. The Morgan fingerprint density at radius 1 is 0.706 bits per heavy atom. The monoisotopic (exact) mass is 442 g/mol. The van der Waals surface area contributed by atoms with E-state index >= 15 is 0 Å². The molecule has 0 aromatic heterocycles. The summed E-state index contributed by atoms with van der Waals surface area (Å²) in [4.78, 5) is 0. The van der Waals surface area contributed by atoms with E-state index in [1.165, 1.54) is 58.1 Å². The van der Waals surface area contributed by atoms with Gasteiger partial charge in [-0.15, -0.1) is 35.2 Å². The number of rotatable bonds is 10. The van der Waals surface area contributed by atoms with Crippen LogP contribution in [-0.2, 0) is 0 Å². The van der Waals surface area contributed by atoms with Crippen molar-refractivity contribution in [3.05, 3.63) is 118 Å². The van der Waals surface area contributed by atoms with Gasteiger partial charge in [-0.2, -0.15) is 0 Å². The van der Waals surface area contributed by atoms with Crippen molar-refractivity contribution in [2.75, 3.05) is 0 Å². The van der Waals surface area contributed by atoms with E-state index in [2.05, 4.69) is 114 Å². The summed E-state index contributed by atoms with van der Waals surface area (Å²) in [7, 11) is 0. The molecule has 0 aliphatic rings. The Balaban J connectivity index is 0. The van der Waals surface area contributed by atoms with Crippen molar-refractivity contribution < 1.29 is 2.85 Å². The number of hydrogen-bond donors (Lipinski definition) is 0. The van der Waals surface area contributed by atoms with Crippen LogP contribution in [0.5, 0.6) is 0 Å². The number of benzene rings is 3. The summed E-state index contributed by atoms with van der Waals surface area (Å²) >= 11 is 0. The Morgan fingerprint density at radius 3 is 1.82 bits per heavy atom.